The summed E-state index contributed by atoms with van der Waals surface area (Å²) in [6.07, 6.45) is 2.16. The van der Waals surface area contributed by atoms with Gasteiger partial charge in [-0.1, -0.05) is 32.0 Å². The van der Waals surface area contributed by atoms with Crippen LogP contribution in [0.5, 0.6) is 0 Å². The first kappa shape index (κ1) is 13.7. The molecule has 2 aromatic rings. The van der Waals surface area contributed by atoms with Gasteiger partial charge in [-0.25, -0.2) is 0 Å². The van der Waals surface area contributed by atoms with Gasteiger partial charge in [-0.3, -0.25) is 0 Å². The predicted molar refractivity (Wildman–Crippen MR) is 75.0 cm³/mol. The Balaban J connectivity index is 2.13. The first-order chi connectivity index (χ1) is 9.18. The monoisotopic (exact) mass is 259 g/mol. The van der Waals surface area contributed by atoms with Crippen molar-refractivity contribution in [2.75, 3.05) is 0 Å². The van der Waals surface area contributed by atoms with Crippen LogP contribution in [0, 0.1) is 0 Å². The van der Waals surface area contributed by atoms with E-state index in [0.717, 1.165) is 24.4 Å². The molecule has 5 heteroatoms. The van der Waals surface area contributed by atoms with Crippen LogP contribution in [0.2, 0.25) is 0 Å². The molecular formula is C14H21N5. The van der Waals surface area contributed by atoms with Gasteiger partial charge in [0, 0.05) is 5.54 Å². The third-order valence-electron chi connectivity index (χ3n) is 3.77. The molecule has 1 N–H and O–H groups in total. The van der Waals surface area contributed by atoms with Gasteiger partial charge in [0.25, 0.3) is 0 Å². The van der Waals surface area contributed by atoms with Crippen molar-refractivity contribution in [3.8, 4) is 5.69 Å². The Morgan fingerprint density at radius 3 is 2.47 bits per heavy atom. The van der Waals surface area contributed by atoms with E-state index in [1.165, 1.54) is 0 Å². The predicted octanol–water partition coefficient (Wildman–Crippen LogP) is 2.33. The summed E-state index contributed by atoms with van der Waals surface area (Å²) in [4.78, 5) is 0. The minimum absolute atomic E-state index is 0.132. The Bertz CT molecular complexity index is 502. The van der Waals surface area contributed by atoms with Crippen LogP contribution in [0.25, 0.3) is 5.69 Å². The van der Waals surface area contributed by atoms with Gasteiger partial charge in [0.1, 0.15) is 0 Å². The normalized spacial score (nSPS) is 11.7. The fourth-order valence-electron chi connectivity index (χ4n) is 1.88. The van der Waals surface area contributed by atoms with Crippen molar-refractivity contribution < 1.29 is 0 Å². The van der Waals surface area contributed by atoms with E-state index in [9.17, 15) is 0 Å². The van der Waals surface area contributed by atoms with Gasteiger partial charge in [-0.05, 0) is 42.3 Å². The van der Waals surface area contributed by atoms with E-state index in [-0.39, 0.29) is 5.54 Å². The second-order valence-corrected chi connectivity index (χ2v) is 4.96. The minimum Gasteiger partial charge on any atom is -0.304 e. The molecule has 0 fully saturated rings. The van der Waals surface area contributed by atoms with Gasteiger partial charge in [-0.15, -0.1) is 5.10 Å². The van der Waals surface area contributed by atoms with Gasteiger partial charge in [0.15, 0.2) is 5.82 Å². The highest BCUT2D eigenvalue weighted by atomic mass is 15.5. The number of nitrogens with zero attached hydrogens (tertiary/aromatic N) is 4. The standard InChI is InChI=1S/C14H21N5/c1-4-14(3,5-2)15-11-13-16-17-18-19(13)12-9-7-6-8-10-12/h6-10,15H,4-5,11H2,1-3H3. The van der Waals surface area contributed by atoms with Crippen LogP contribution in [-0.4, -0.2) is 25.7 Å². The molecule has 0 bridgehead atoms. The van der Waals surface area contributed by atoms with Crippen LogP contribution in [-0.2, 0) is 6.54 Å². The number of nitrogens with one attached hydrogen (secondary N) is 1. The molecule has 0 saturated heterocycles. The minimum atomic E-state index is 0.132. The lowest BCUT2D eigenvalue weighted by Crippen LogP contribution is -2.41. The summed E-state index contributed by atoms with van der Waals surface area (Å²) >= 11 is 0. The fraction of sp³-hybridized carbons (Fsp3) is 0.500. The molecule has 0 radical (unpaired) electrons. The molecular weight excluding hydrogens is 238 g/mol. The van der Waals surface area contributed by atoms with E-state index in [4.69, 9.17) is 0 Å². The van der Waals surface area contributed by atoms with Crippen LogP contribution < -0.4 is 5.32 Å². The molecule has 2 rings (SSSR count). The van der Waals surface area contributed by atoms with Crippen molar-refractivity contribution in [2.45, 2.75) is 45.7 Å². The maximum Gasteiger partial charge on any atom is 0.170 e. The Labute approximate surface area is 114 Å². The Hall–Kier alpha value is -1.75. The van der Waals surface area contributed by atoms with Crippen molar-refractivity contribution >= 4 is 0 Å². The molecule has 5 nitrogen and oxygen atoms in total. The number of rotatable bonds is 6. The number of para-hydroxylation sites is 1. The number of tetrazole rings is 1. The Morgan fingerprint density at radius 1 is 1.16 bits per heavy atom. The topological polar surface area (TPSA) is 55.6 Å². The number of aromatic nitrogens is 4. The van der Waals surface area contributed by atoms with Crippen molar-refractivity contribution in [1.29, 1.82) is 0 Å². The summed E-state index contributed by atoms with van der Waals surface area (Å²) in [6, 6.07) is 9.95. The molecule has 1 heterocycles. The molecule has 19 heavy (non-hydrogen) atoms. The lowest BCUT2D eigenvalue weighted by atomic mass is 9.96. The second-order valence-electron chi connectivity index (χ2n) is 4.96. The average molecular weight is 259 g/mol. The molecule has 0 aliphatic rings. The molecule has 1 aromatic carbocycles. The average Bonchev–Trinajstić information content (AvgIpc) is 2.94. The van der Waals surface area contributed by atoms with Crippen LogP contribution in [0.3, 0.4) is 0 Å². The smallest absolute Gasteiger partial charge is 0.170 e. The summed E-state index contributed by atoms with van der Waals surface area (Å²) in [5.74, 6) is 0.833. The highest BCUT2D eigenvalue weighted by Crippen LogP contribution is 2.15. The number of hydrogen-bond acceptors (Lipinski definition) is 4. The summed E-state index contributed by atoms with van der Waals surface area (Å²) in [5.41, 5.74) is 1.12. The molecule has 1 aromatic heterocycles. The maximum atomic E-state index is 4.10. The summed E-state index contributed by atoms with van der Waals surface area (Å²) < 4.78 is 1.78. The first-order valence-electron chi connectivity index (χ1n) is 6.76. The van der Waals surface area contributed by atoms with Gasteiger partial charge >= 0.3 is 0 Å². The molecule has 0 spiro atoms. The van der Waals surface area contributed by atoms with Gasteiger partial charge < -0.3 is 5.32 Å². The molecule has 0 unspecified atom stereocenters. The van der Waals surface area contributed by atoms with Gasteiger partial charge in [0.2, 0.25) is 0 Å². The van der Waals surface area contributed by atoms with Crippen molar-refractivity contribution in [3.63, 3.8) is 0 Å². The van der Waals surface area contributed by atoms with E-state index < -0.39 is 0 Å². The van der Waals surface area contributed by atoms with E-state index in [1.807, 2.05) is 30.3 Å². The van der Waals surface area contributed by atoms with Gasteiger partial charge in [-0.2, -0.15) is 4.68 Å². The molecule has 0 amide bonds. The highest BCUT2D eigenvalue weighted by molar-refractivity contribution is 5.30. The molecule has 0 saturated carbocycles. The van der Waals surface area contributed by atoms with Crippen molar-refractivity contribution in [2.24, 2.45) is 0 Å². The van der Waals surface area contributed by atoms with Crippen LogP contribution >= 0.6 is 0 Å². The Morgan fingerprint density at radius 2 is 1.84 bits per heavy atom. The number of benzene rings is 1. The Kier molecular flexibility index (Phi) is 4.27. The lowest BCUT2D eigenvalue weighted by molar-refractivity contribution is 0.324. The van der Waals surface area contributed by atoms with Crippen molar-refractivity contribution in [1.82, 2.24) is 25.5 Å². The zero-order chi connectivity index (χ0) is 13.7. The highest BCUT2D eigenvalue weighted by Gasteiger charge is 2.20. The van der Waals surface area contributed by atoms with Crippen LogP contribution in [0.15, 0.2) is 30.3 Å². The van der Waals surface area contributed by atoms with E-state index in [0.29, 0.717) is 6.54 Å². The van der Waals surface area contributed by atoms with Crippen LogP contribution in [0.1, 0.15) is 39.4 Å². The summed E-state index contributed by atoms with van der Waals surface area (Å²) in [7, 11) is 0. The first-order valence-corrected chi connectivity index (χ1v) is 6.76. The van der Waals surface area contributed by atoms with E-state index in [2.05, 4.69) is 41.6 Å². The van der Waals surface area contributed by atoms with Gasteiger partial charge in [0.05, 0.1) is 12.2 Å². The molecule has 0 aliphatic carbocycles. The summed E-state index contributed by atoms with van der Waals surface area (Å²) in [6.45, 7) is 7.27. The lowest BCUT2D eigenvalue weighted by Gasteiger charge is -2.28. The SMILES string of the molecule is CCC(C)(CC)NCc1nnnn1-c1ccccc1. The molecule has 102 valence electrons. The molecule has 0 atom stereocenters. The third kappa shape index (κ3) is 3.17. The quantitative estimate of drug-likeness (QED) is 0.865. The zero-order valence-corrected chi connectivity index (χ0v) is 11.8. The zero-order valence-electron chi connectivity index (χ0n) is 11.8. The maximum absolute atomic E-state index is 4.10. The summed E-state index contributed by atoms with van der Waals surface area (Å²) in [5, 5.41) is 15.5. The number of hydrogen-bond donors (Lipinski definition) is 1. The largest absolute Gasteiger partial charge is 0.304 e. The third-order valence-corrected chi connectivity index (χ3v) is 3.77. The second kappa shape index (κ2) is 5.93. The molecule has 0 aliphatic heterocycles. The van der Waals surface area contributed by atoms with E-state index in [1.54, 1.807) is 4.68 Å². The van der Waals surface area contributed by atoms with Crippen LogP contribution in [0.4, 0.5) is 0 Å². The fourth-order valence-corrected chi connectivity index (χ4v) is 1.88. The van der Waals surface area contributed by atoms with Crippen molar-refractivity contribution in [3.05, 3.63) is 36.2 Å². The van der Waals surface area contributed by atoms with E-state index >= 15 is 0 Å².